The van der Waals surface area contributed by atoms with E-state index in [-0.39, 0.29) is 5.56 Å². The van der Waals surface area contributed by atoms with Crippen LogP contribution in [0.1, 0.15) is 11.1 Å². The summed E-state index contributed by atoms with van der Waals surface area (Å²) in [5.41, 5.74) is 1.90. The molecule has 0 spiro atoms. The number of nitro groups is 1. The molecule has 0 aliphatic carbocycles. The highest BCUT2D eigenvalue weighted by Crippen LogP contribution is 2.28. The van der Waals surface area contributed by atoms with Crippen LogP contribution in [0.15, 0.2) is 53.7 Å². The van der Waals surface area contributed by atoms with Gasteiger partial charge in [-0.25, -0.2) is 0 Å². The molecule has 0 amide bonds. The lowest BCUT2D eigenvalue weighted by molar-refractivity contribution is -0.398. The highest BCUT2D eigenvalue weighted by Gasteiger charge is 2.10. The van der Waals surface area contributed by atoms with Crippen molar-refractivity contribution in [2.75, 3.05) is 0 Å². The summed E-state index contributed by atoms with van der Waals surface area (Å²) in [7, 11) is 0. The maximum Gasteiger partial charge on any atom is 0.262 e. The van der Waals surface area contributed by atoms with Crippen molar-refractivity contribution in [3.63, 3.8) is 0 Å². The van der Waals surface area contributed by atoms with Crippen LogP contribution in [0.25, 0.3) is 10.9 Å². The average molecular weight is 306 g/mol. The summed E-state index contributed by atoms with van der Waals surface area (Å²) >= 11 is 0. The second-order valence-corrected chi connectivity index (χ2v) is 5.10. The molecule has 23 heavy (non-hydrogen) atoms. The van der Waals surface area contributed by atoms with Gasteiger partial charge in [0.15, 0.2) is 0 Å². The lowest BCUT2D eigenvalue weighted by Crippen LogP contribution is -2.02. The highest BCUT2D eigenvalue weighted by molar-refractivity contribution is 5.89. The van der Waals surface area contributed by atoms with Crippen LogP contribution in [0.5, 0.6) is 5.75 Å². The van der Waals surface area contributed by atoms with E-state index in [1.54, 1.807) is 25.3 Å². The second kappa shape index (κ2) is 5.84. The smallest absolute Gasteiger partial charge is 0.262 e. The number of hydrogen-bond acceptors (Lipinski definition) is 5. The Morgan fingerprint density at radius 2 is 2.04 bits per heavy atom. The molecule has 0 unspecified atom stereocenters. The molecule has 0 saturated heterocycles. The molecule has 114 valence electrons. The number of fused-ring (bicyclic) bond motifs is 1. The van der Waals surface area contributed by atoms with Crippen molar-refractivity contribution in [3.05, 3.63) is 69.9 Å². The van der Waals surface area contributed by atoms with Crippen LogP contribution >= 0.6 is 0 Å². The molecule has 0 radical (unpaired) electrons. The number of benzene rings is 2. The zero-order valence-corrected chi connectivity index (χ0v) is 12.3. The van der Waals surface area contributed by atoms with Crippen molar-refractivity contribution >= 4 is 28.5 Å². The summed E-state index contributed by atoms with van der Waals surface area (Å²) in [6.07, 6.45) is 3.07. The normalized spacial score (nSPS) is 11.2. The van der Waals surface area contributed by atoms with Gasteiger partial charge < -0.3 is 5.11 Å². The van der Waals surface area contributed by atoms with Crippen LogP contribution in [0.2, 0.25) is 0 Å². The number of aryl methyl sites for hydroxylation is 1. The predicted octanol–water partition coefficient (Wildman–Crippen LogP) is 3.28. The summed E-state index contributed by atoms with van der Waals surface area (Å²) in [4.78, 5) is 18.7. The zero-order chi connectivity index (χ0) is 16.4. The fourth-order valence-electron chi connectivity index (χ4n) is 2.30. The van der Waals surface area contributed by atoms with Gasteiger partial charge in [-0.05, 0) is 48.1 Å². The van der Waals surface area contributed by atoms with E-state index in [0.29, 0.717) is 11.3 Å². The zero-order valence-electron chi connectivity index (χ0n) is 12.3. The summed E-state index contributed by atoms with van der Waals surface area (Å²) < 4.78 is 0. The van der Waals surface area contributed by atoms with Crippen LogP contribution in [-0.4, -0.2) is 16.1 Å². The molecular weight excluding hydrogens is 294 g/mol. The van der Waals surface area contributed by atoms with Crippen molar-refractivity contribution in [2.24, 2.45) is 4.99 Å². The fraction of sp³-hybridized carbons (Fsp3) is 0.0588. The van der Waals surface area contributed by atoms with Crippen molar-refractivity contribution in [1.82, 2.24) is 4.98 Å². The molecule has 0 fully saturated rings. The Kier molecular flexibility index (Phi) is 3.72. The maximum absolute atomic E-state index is 12.1. The van der Waals surface area contributed by atoms with Gasteiger partial charge in [-0.1, -0.05) is 12.1 Å². The number of nitro benzene ring substituents is 1. The molecule has 2 aromatic carbocycles. The quantitative estimate of drug-likeness (QED) is 0.422. The Labute approximate surface area is 131 Å². The van der Waals surface area contributed by atoms with Crippen LogP contribution < -0.4 is 5.11 Å². The van der Waals surface area contributed by atoms with Crippen molar-refractivity contribution < 1.29 is 10.0 Å². The van der Waals surface area contributed by atoms with Crippen molar-refractivity contribution in [3.8, 4) is 5.75 Å². The van der Waals surface area contributed by atoms with E-state index in [9.17, 15) is 15.2 Å². The van der Waals surface area contributed by atoms with Gasteiger partial charge >= 0.3 is 0 Å². The fourth-order valence-corrected chi connectivity index (χ4v) is 2.30. The third-order valence-corrected chi connectivity index (χ3v) is 3.38. The molecule has 6 heteroatoms. The summed E-state index contributed by atoms with van der Waals surface area (Å²) in [6.45, 7) is 1.70. The minimum Gasteiger partial charge on any atom is -0.867 e. The first kappa shape index (κ1) is 14.6. The molecule has 6 nitrogen and oxygen atoms in total. The molecule has 0 atom stereocenters. The molecule has 3 rings (SSSR count). The van der Waals surface area contributed by atoms with Gasteiger partial charge in [-0.2, -0.15) is 0 Å². The molecule has 0 aliphatic heterocycles. The number of hydrogen-bond donors (Lipinski definition) is 0. The van der Waals surface area contributed by atoms with Gasteiger partial charge in [0.05, 0.1) is 16.1 Å². The lowest BCUT2D eigenvalue weighted by atomic mass is 10.1. The van der Waals surface area contributed by atoms with E-state index in [1.165, 1.54) is 12.3 Å². The standard InChI is InChI=1S/C17H13N3O3/c1-11-7-13(17(21)16(8-11)20(22)23)10-19-14-4-5-15-12(9-14)3-2-6-18-15/h2-10,21H,1H3/p-1. The summed E-state index contributed by atoms with van der Waals surface area (Å²) in [6, 6.07) is 12.0. The summed E-state index contributed by atoms with van der Waals surface area (Å²) in [5.74, 6) is -0.633. The Balaban J connectivity index is 2.00. The summed E-state index contributed by atoms with van der Waals surface area (Å²) in [5, 5.41) is 23.9. The Bertz CT molecular complexity index is 936. The minimum atomic E-state index is -0.672. The van der Waals surface area contributed by atoms with E-state index in [2.05, 4.69) is 9.98 Å². The van der Waals surface area contributed by atoms with Gasteiger partial charge in [-0.15, -0.1) is 0 Å². The molecule has 1 aromatic heterocycles. The number of pyridine rings is 1. The number of aliphatic imine (C=N–C) groups is 1. The maximum atomic E-state index is 12.1. The molecule has 0 N–H and O–H groups in total. The van der Waals surface area contributed by atoms with E-state index in [0.717, 1.165) is 10.9 Å². The molecule has 0 bridgehead atoms. The van der Waals surface area contributed by atoms with Crippen LogP contribution in [0.4, 0.5) is 11.4 Å². The van der Waals surface area contributed by atoms with Gasteiger partial charge in [-0.3, -0.25) is 20.1 Å². The first-order chi connectivity index (χ1) is 11.0. The molecule has 0 aliphatic rings. The first-order valence-corrected chi connectivity index (χ1v) is 6.89. The largest absolute Gasteiger partial charge is 0.867 e. The van der Waals surface area contributed by atoms with Gasteiger partial charge in [0.2, 0.25) is 0 Å². The van der Waals surface area contributed by atoms with Crippen LogP contribution in [-0.2, 0) is 0 Å². The molecule has 3 aromatic rings. The predicted molar refractivity (Wildman–Crippen MR) is 86.3 cm³/mol. The van der Waals surface area contributed by atoms with Gasteiger partial charge in [0.1, 0.15) is 0 Å². The third kappa shape index (κ3) is 3.01. The van der Waals surface area contributed by atoms with E-state index >= 15 is 0 Å². The first-order valence-electron chi connectivity index (χ1n) is 6.89. The number of rotatable bonds is 3. The number of aromatic nitrogens is 1. The molecule has 0 saturated carbocycles. The van der Waals surface area contributed by atoms with Gasteiger partial charge in [0, 0.05) is 23.9 Å². The topological polar surface area (TPSA) is 91.5 Å². The Morgan fingerprint density at radius 3 is 2.83 bits per heavy atom. The van der Waals surface area contributed by atoms with Crippen molar-refractivity contribution in [1.29, 1.82) is 0 Å². The van der Waals surface area contributed by atoms with Crippen LogP contribution in [0.3, 0.4) is 0 Å². The second-order valence-electron chi connectivity index (χ2n) is 5.10. The van der Waals surface area contributed by atoms with Gasteiger partial charge in [0.25, 0.3) is 5.69 Å². The SMILES string of the molecule is Cc1cc(C=Nc2ccc3ncccc3c2)c([O-])c([N+](=O)[O-])c1. The average Bonchev–Trinajstić information content (AvgIpc) is 2.55. The Morgan fingerprint density at radius 1 is 1.22 bits per heavy atom. The van der Waals surface area contributed by atoms with E-state index < -0.39 is 16.4 Å². The van der Waals surface area contributed by atoms with Crippen molar-refractivity contribution in [2.45, 2.75) is 6.92 Å². The molecule has 1 heterocycles. The lowest BCUT2D eigenvalue weighted by Gasteiger charge is -2.11. The van der Waals surface area contributed by atoms with E-state index in [4.69, 9.17) is 0 Å². The Hall–Kier alpha value is -3.28. The number of nitrogens with zero attached hydrogens (tertiary/aromatic N) is 3. The third-order valence-electron chi connectivity index (χ3n) is 3.38. The van der Waals surface area contributed by atoms with Crippen LogP contribution in [0, 0.1) is 17.0 Å². The van der Waals surface area contributed by atoms with E-state index in [1.807, 2.05) is 24.3 Å². The monoisotopic (exact) mass is 306 g/mol. The minimum absolute atomic E-state index is 0.197. The molecular formula is C17H12N3O3-. The highest BCUT2D eigenvalue weighted by atomic mass is 16.6.